The van der Waals surface area contributed by atoms with E-state index in [1.165, 1.54) is 6.21 Å². The second kappa shape index (κ2) is 10.6. The molecule has 0 spiro atoms. The first-order valence-electron chi connectivity index (χ1n) is 11.2. The molecular weight excluding hydrogens is 436 g/mol. The van der Waals surface area contributed by atoms with Crippen LogP contribution in [0.5, 0.6) is 0 Å². The van der Waals surface area contributed by atoms with Crippen LogP contribution in [-0.2, 0) is 9.53 Å². The number of benzene rings is 2. The lowest BCUT2D eigenvalue weighted by Crippen LogP contribution is -2.38. The number of hydrogen-bond donors (Lipinski definition) is 1. The van der Waals surface area contributed by atoms with Gasteiger partial charge in [-0.25, -0.2) is 4.68 Å². The number of nitro groups is 1. The van der Waals surface area contributed by atoms with E-state index in [0.717, 1.165) is 5.69 Å². The minimum Gasteiger partial charge on any atom is -0.466 e. The number of nitrogens with zero attached hydrogens (tertiary/aromatic N) is 5. The van der Waals surface area contributed by atoms with Gasteiger partial charge >= 0.3 is 11.7 Å². The van der Waals surface area contributed by atoms with Gasteiger partial charge in [-0.3, -0.25) is 20.3 Å². The van der Waals surface area contributed by atoms with E-state index in [-0.39, 0.29) is 23.3 Å². The Bertz CT molecular complexity index is 1150. The van der Waals surface area contributed by atoms with Crippen LogP contribution < -0.4 is 10.3 Å². The van der Waals surface area contributed by atoms with Gasteiger partial charge in [-0.1, -0.05) is 36.4 Å². The molecule has 1 fully saturated rings. The molecular formula is C24H26N6O4. The number of rotatable bonds is 8. The Morgan fingerprint density at radius 2 is 1.82 bits per heavy atom. The van der Waals surface area contributed by atoms with E-state index < -0.39 is 4.92 Å². The molecule has 0 bridgehead atoms. The third kappa shape index (κ3) is 5.06. The van der Waals surface area contributed by atoms with Crippen LogP contribution >= 0.6 is 0 Å². The van der Waals surface area contributed by atoms with Gasteiger partial charge in [-0.15, -0.1) is 0 Å². The van der Waals surface area contributed by atoms with Crippen molar-refractivity contribution in [3.63, 3.8) is 0 Å². The molecule has 34 heavy (non-hydrogen) atoms. The third-order valence-corrected chi connectivity index (χ3v) is 5.61. The number of hydrazone groups is 1. The van der Waals surface area contributed by atoms with Gasteiger partial charge in [0.2, 0.25) is 5.82 Å². The Morgan fingerprint density at radius 1 is 1.18 bits per heavy atom. The molecule has 4 rings (SSSR count). The molecule has 1 saturated heterocycles. The Labute approximate surface area is 197 Å². The molecule has 176 valence electrons. The van der Waals surface area contributed by atoms with Crippen LogP contribution in [0.25, 0.3) is 5.69 Å². The molecule has 1 aromatic heterocycles. The Hall–Kier alpha value is -4.21. The lowest BCUT2D eigenvalue weighted by molar-refractivity contribution is -0.384. The molecule has 0 unspecified atom stereocenters. The highest BCUT2D eigenvalue weighted by molar-refractivity contribution is 5.88. The van der Waals surface area contributed by atoms with Crippen LogP contribution in [0.15, 0.2) is 65.8 Å². The van der Waals surface area contributed by atoms with Crippen molar-refractivity contribution < 1.29 is 14.5 Å². The van der Waals surface area contributed by atoms with Crippen molar-refractivity contribution in [1.82, 2.24) is 9.78 Å². The average Bonchev–Trinajstić information content (AvgIpc) is 3.25. The number of ether oxygens (including phenoxy) is 1. The Balaban J connectivity index is 1.68. The number of anilines is 2. The van der Waals surface area contributed by atoms with Gasteiger partial charge in [0.15, 0.2) is 5.69 Å². The Morgan fingerprint density at radius 3 is 2.44 bits per heavy atom. The van der Waals surface area contributed by atoms with E-state index >= 15 is 0 Å². The average molecular weight is 463 g/mol. The fourth-order valence-electron chi connectivity index (χ4n) is 3.98. The van der Waals surface area contributed by atoms with E-state index in [0.29, 0.717) is 44.0 Å². The zero-order valence-electron chi connectivity index (χ0n) is 18.8. The third-order valence-electron chi connectivity index (χ3n) is 5.61. The summed E-state index contributed by atoms with van der Waals surface area (Å²) >= 11 is 0. The minimum absolute atomic E-state index is 0.128. The summed E-state index contributed by atoms with van der Waals surface area (Å²) in [5.74, 6) is -0.0489. The van der Waals surface area contributed by atoms with Crippen molar-refractivity contribution in [1.29, 1.82) is 0 Å². The standard InChI is InChI=1S/C24H26N6O4/c1-2-34-24(31)18-13-15-28(16-14-18)23-22(30(32)33)21(17-25-26-19-9-5-3-6-10-19)27-29(23)20-11-7-4-8-12-20/h3-12,17-18,26H,2,13-16H2,1H3. The maximum absolute atomic E-state index is 12.2. The summed E-state index contributed by atoms with van der Waals surface area (Å²) < 4.78 is 6.73. The maximum Gasteiger partial charge on any atom is 0.340 e. The molecule has 3 aromatic rings. The number of para-hydroxylation sites is 2. The molecule has 0 radical (unpaired) electrons. The van der Waals surface area contributed by atoms with Gasteiger partial charge in [0.25, 0.3) is 0 Å². The van der Waals surface area contributed by atoms with Crippen LogP contribution in [0.4, 0.5) is 17.2 Å². The van der Waals surface area contributed by atoms with Gasteiger partial charge in [0.1, 0.15) is 0 Å². The first-order chi connectivity index (χ1) is 16.6. The Kier molecular flexibility index (Phi) is 7.16. The fourth-order valence-corrected chi connectivity index (χ4v) is 3.98. The second-order valence-electron chi connectivity index (χ2n) is 7.81. The summed E-state index contributed by atoms with van der Waals surface area (Å²) in [6.45, 7) is 3.07. The molecule has 1 aliphatic heterocycles. The molecule has 0 atom stereocenters. The lowest BCUT2D eigenvalue weighted by atomic mass is 9.97. The quantitative estimate of drug-likeness (QED) is 0.233. The van der Waals surface area contributed by atoms with E-state index in [9.17, 15) is 14.9 Å². The zero-order valence-corrected chi connectivity index (χ0v) is 18.8. The molecule has 0 saturated carbocycles. The lowest BCUT2D eigenvalue weighted by Gasteiger charge is -2.32. The SMILES string of the molecule is CCOC(=O)C1CCN(c2c([N+](=O)[O-])c(C=NNc3ccccc3)nn2-c2ccccc2)CC1. The smallest absolute Gasteiger partial charge is 0.340 e. The summed E-state index contributed by atoms with van der Waals surface area (Å²) in [4.78, 5) is 25.8. The minimum atomic E-state index is -0.428. The first-order valence-corrected chi connectivity index (χ1v) is 11.2. The largest absolute Gasteiger partial charge is 0.466 e. The van der Waals surface area contributed by atoms with Gasteiger partial charge in [0, 0.05) is 13.1 Å². The highest BCUT2D eigenvalue weighted by Crippen LogP contribution is 2.36. The number of nitrogens with one attached hydrogen (secondary N) is 1. The zero-order chi connectivity index (χ0) is 23.9. The fraction of sp³-hybridized carbons (Fsp3) is 0.292. The predicted molar refractivity (Wildman–Crippen MR) is 129 cm³/mol. The van der Waals surface area contributed by atoms with E-state index in [1.54, 1.807) is 11.6 Å². The summed E-state index contributed by atoms with van der Waals surface area (Å²) in [6, 6.07) is 18.6. The van der Waals surface area contributed by atoms with Gasteiger partial charge in [0.05, 0.1) is 35.0 Å². The van der Waals surface area contributed by atoms with Crippen molar-refractivity contribution in [3.8, 4) is 5.69 Å². The summed E-state index contributed by atoms with van der Waals surface area (Å²) in [5.41, 5.74) is 4.33. The van der Waals surface area contributed by atoms with Gasteiger partial charge in [-0.2, -0.15) is 10.2 Å². The number of carbonyl (C=O) groups is 1. The first kappa shape index (κ1) is 23.0. The van der Waals surface area contributed by atoms with Crippen LogP contribution in [0.1, 0.15) is 25.5 Å². The summed E-state index contributed by atoms with van der Waals surface area (Å²) in [7, 11) is 0. The molecule has 1 aliphatic rings. The van der Waals surface area contributed by atoms with E-state index in [1.807, 2.05) is 65.6 Å². The second-order valence-corrected chi connectivity index (χ2v) is 7.81. The number of aromatic nitrogens is 2. The topological polar surface area (TPSA) is 115 Å². The van der Waals surface area contributed by atoms with Crippen LogP contribution in [0, 0.1) is 16.0 Å². The summed E-state index contributed by atoms with van der Waals surface area (Å²) in [6.07, 6.45) is 2.46. The van der Waals surface area contributed by atoms with Crippen molar-refractivity contribution in [2.75, 3.05) is 30.0 Å². The van der Waals surface area contributed by atoms with Crippen LogP contribution in [0.2, 0.25) is 0 Å². The highest BCUT2D eigenvalue weighted by atomic mass is 16.6. The van der Waals surface area contributed by atoms with Crippen molar-refractivity contribution in [2.24, 2.45) is 11.0 Å². The normalized spacial score (nSPS) is 14.3. The van der Waals surface area contributed by atoms with Crippen molar-refractivity contribution >= 4 is 29.4 Å². The number of piperidine rings is 1. The molecule has 10 nitrogen and oxygen atoms in total. The highest BCUT2D eigenvalue weighted by Gasteiger charge is 2.35. The molecule has 0 amide bonds. The molecule has 1 N–H and O–H groups in total. The van der Waals surface area contributed by atoms with Crippen LogP contribution in [-0.4, -0.2) is 46.6 Å². The molecule has 2 heterocycles. The summed E-state index contributed by atoms with van der Waals surface area (Å²) in [5, 5.41) is 20.9. The maximum atomic E-state index is 12.2. The van der Waals surface area contributed by atoms with E-state index in [2.05, 4.69) is 15.6 Å². The van der Waals surface area contributed by atoms with Crippen LogP contribution in [0.3, 0.4) is 0 Å². The molecule has 2 aromatic carbocycles. The van der Waals surface area contributed by atoms with E-state index in [4.69, 9.17) is 4.74 Å². The monoisotopic (exact) mass is 462 g/mol. The van der Waals surface area contributed by atoms with Crippen molar-refractivity contribution in [3.05, 3.63) is 76.5 Å². The molecule has 10 heteroatoms. The predicted octanol–water partition coefficient (Wildman–Crippen LogP) is 4.01. The number of carbonyl (C=O) groups excluding carboxylic acids is 1. The van der Waals surface area contributed by atoms with Gasteiger partial charge in [-0.05, 0) is 44.0 Å². The number of hydrogen-bond acceptors (Lipinski definition) is 8. The molecule has 0 aliphatic carbocycles. The number of esters is 1. The van der Waals surface area contributed by atoms with Crippen molar-refractivity contribution in [2.45, 2.75) is 19.8 Å². The van der Waals surface area contributed by atoms with Gasteiger partial charge < -0.3 is 9.64 Å².